The lowest BCUT2D eigenvalue weighted by atomic mass is 10.1. The molecule has 0 saturated heterocycles. The highest BCUT2D eigenvalue weighted by Crippen LogP contribution is 2.32. The summed E-state index contributed by atoms with van der Waals surface area (Å²) in [6.07, 6.45) is -3.61. The van der Waals surface area contributed by atoms with Gasteiger partial charge in [0.2, 0.25) is 5.82 Å². The molecule has 0 bridgehead atoms. The van der Waals surface area contributed by atoms with Crippen molar-refractivity contribution in [3.63, 3.8) is 0 Å². The molecule has 0 aliphatic carbocycles. The average Bonchev–Trinajstić information content (AvgIpc) is 3.30. The first-order valence-electron chi connectivity index (χ1n) is 7.73. The van der Waals surface area contributed by atoms with Gasteiger partial charge in [0.15, 0.2) is 5.69 Å². The van der Waals surface area contributed by atoms with E-state index in [0.29, 0.717) is 5.56 Å². The first kappa shape index (κ1) is 17.6. The van der Waals surface area contributed by atoms with Crippen molar-refractivity contribution in [3.05, 3.63) is 59.8 Å². The zero-order valence-electron chi connectivity index (χ0n) is 13.7. The predicted molar refractivity (Wildman–Crippen MR) is 87.7 cm³/mol. The van der Waals surface area contributed by atoms with Gasteiger partial charge in [0.25, 0.3) is 5.91 Å². The van der Waals surface area contributed by atoms with Gasteiger partial charge in [0, 0.05) is 11.8 Å². The number of nitrogens with zero attached hydrogens (tertiary/aromatic N) is 5. The second kappa shape index (κ2) is 6.40. The molecule has 4 rings (SSSR count). The number of hydrogen-bond acceptors (Lipinski definition) is 5. The molecular formula is C16H9F4N7O. The summed E-state index contributed by atoms with van der Waals surface area (Å²) in [7, 11) is 0. The van der Waals surface area contributed by atoms with Crippen molar-refractivity contribution >= 4 is 17.2 Å². The number of H-pyrrole nitrogens is 1. The fraction of sp³-hybridized carbons (Fsp3) is 0.0625. The van der Waals surface area contributed by atoms with Crippen LogP contribution in [0.3, 0.4) is 0 Å². The van der Waals surface area contributed by atoms with Gasteiger partial charge in [-0.3, -0.25) is 9.20 Å². The number of aromatic amines is 1. The Morgan fingerprint density at radius 2 is 2.00 bits per heavy atom. The van der Waals surface area contributed by atoms with Crippen molar-refractivity contribution in [1.29, 1.82) is 0 Å². The molecule has 142 valence electrons. The van der Waals surface area contributed by atoms with E-state index in [1.165, 1.54) is 36.5 Å². The molecule has 12 heteroatoms. The van der Waals surface area contributed by atoms with E-state index >= 15 is 0 Å². The molecule has 2 N–H and O–H groups in total. The molecule has 1 amide bonds. The highest BCUT2D eigenvalue weighted by atomic mass is 19.4. The number of anilines is 1. The first-order chi connectivity index (χ1) is 13.3. The maximum absolute atomic E-state index is 14.1. The number of pyridine rings is 1. The number of rotatable bonds is 3. The normalized spacial score (nSPS) is 11.7. The first-order valence-corrected chi connectivity index (χ1v) is 7.73. The number of benzene rings is 1. The van der Waals surface area contributed by atoms with E-state index in [1.54, 1.807) is 0 Å². The highest BCUT2D eigenvalue weighted by molar-refractivity contribution is 6.05. The van der Waals surface area contributed by atoms with Crippen molar-refractivity contribution in [1.82, 2.24) is 30.0 Å². The fourth-order valence-electron chi connectivity index (χ4n) is 2.64. The molecule has 0 saturated carbocycles. The zero-order chi connectivity index (χ0) is 19.9. The van der Waals surface area contributed by atoms with E-state index in [1.807, 2.05) is 0 Å². The van der Waals surface area contributed by atoms with Crippen LogP contribution in [0.1, 0.15) is 16.2 Å². The second-order valence-electron chi connectivity index (χ2n) is 5.62. The standard InChI is InChI=1S/C16H9F4N7O/c17-9-5-4-8(14-23-25-26-24-14)7-10(9)21-15(28)12-13(16(18,19)20)22-11-3-1-2-6-27(11)12/h1-7H,(H,21,28)(H,23,24,25,26). The number of fused-ring (bicyclic) bond motifs is 1. The number of nitrogens with one attached hydrogen (secondary N) is 2. The number of tetrazole rings is 1. The second-order valence-corrected chi connectivity index (χ2v) is 5.62. The minimum Gasteiger partial charge on any atom is -0.318 e. The van der Waals surface area contributed by atoms with Crippen LogP contribution < -0.4 is 5.32 Å². The molecule has 0 aliphatic heterocycles. The van der Waals surface area contributed by atoms with Crippen LogP contribution in [0.2, 0.25) is 0 Å². The van der Waals surface area contributed by atoms with Crippen molar-refractivity contribution in [2.75, 3.05) is 5.32 Å². The lowest BCUT2D eigenvalue weighted by molar-refractivity contribution is -0.141. The van der Waals surface area contributed by atoms with E-state index in [0.717, 1.165) is 10.5 Å². The number of carbonyl (C=O) groups excluding carboxylic acids is 1. The minimum atomic E-state index is -4.87. The van der Waals surface area contributed by atoms with E-state index < -0.39 is 29.3 Å². The van der Waals surface area contributed by atoms with Gasteiger partial charge in [0.05, 0.1) is 5.69 Å². The third-order valence-corrected chi connectivity index (χ3v) is 3.83. The van der Waals surface area contributed by atoms with Crippen molar-refractivity contribution in [3.8, 4) is 11.4 Å². The number of imidazole rings is 1. The number of amides is 1. The molecule has 8 nitrogen and oxygen atoms in total. The van der Waals surface area contributed by atoms with Gasteiger partial charge >= 0.3 is 6.18 Å². The summed E-state index contributed by atoms with van der Waals surface area (Å²) in [5.74, 6) is -1.89. The number of alkyl halides is 3. The van der Waals surface area contributed by atoms with Crippen molar-refractivity contribution in [2.45, 2.75) is 6.18 Å². The molecule has 3 aromatic heterocycles. The van der Waals surface area contributed by atoms with Gasteiger partial charge in [-0.15, -0.1) is 10.2 Å². The molecule has 0 unspecified atom stereocenters. The number of carbonyl (C=O) groups is 1. The molecule has 0 atom stereocenters. The monoisotopic (exact) mass is 391 g/mol. The molecule has 1 aromatic carbocycles. The maximum Gasteiger partial charge on any atom is 0.435 e. The van der Waals surface area contributed by atoms with Crippen LogP contribution in [-0.2, 0) is 6.18 Å². The van der Waals surface area contributed by atoms with E-state index in [9.17, 15) is 22.4 Å². The summed E-state index contributed by atoms with van der Waals surface area (Å²) in [5.41, 5.74) is -2.23. The minimum absolute atomic E-state index is 0.0685. The van der Waals surface area contributed by atoms with Gasteiger partial charge in [-0.05, 0) is 35.5 Å². The van der Waals surface area contributed by atoms with E-state index in [-0.39, 0.29) is 17.2 Å². The Morgan fingerprint density at radius 3 is 2.71 bits per heavy atom. The molecular weight excluding hydrogens is 382 g/mol. The Hall–Kier alpha value is -3.83. The van der Waals surface area contributed by atoms with Crippen molar-refractivity contribution < 1.29 is 22.4 Å². The quantitative estimate of drug-likeness (QED) is 0.523. The SMILES string of the molecule is O=C(Nc1cc(-c2nn[nH]n2)ccc1F)c1c(C(F)(F)F)nc2ccccn12. The smallest absolute Gasteiger partial charge is 0.318 e. The third-order valence-electron chi connectivity index (χ3n) is 3.83. The molecule has 0 fully saturated rings. The highest BCUT2D eigenvalue weighted by Gasteiger charge is 2.40. The number of hydrogen-bond donors (Lipinski definition) is 2. The summed E-state index contributed by atoms with van der Waals surface area (Å²) in [5, 5.41) is 15.2. The Kier molecular flexibility index (Phi) is 4.02. The molecule has 3 heterocycles. The topological polar surface area (TPSA) is 101 Å². The third kappa shape index (κ3) is 3.04. The van der Waals surface area contributed by atoms with E-state index in [4.69, 9.17) is 0 Å². The lowest BCUT2D eigenvalue weighted by Gasteiger charge is -2.10. The molecule has 0 radical (unpaired) electrons. The Morgan fingerprint density at radius 1 is 1.18 bits per heavy atom. The van der Waals surface area contributed by atoms with Crippen LogP contribution in [-0.4, -0.2) is 35.9 Å². The Balaban J connectivity index is 1.77. The van der Waals surface area contributed by atoms with Gasteiger partial charge in [-0.1, -0.05) is 6.07 Å². The van der Waals surface area contributed by atoms with Gasteiger partial charge in [0.1, 0.15) is 17.2 Å². The Bertz CT molecular complexity index is 1170. The molecule has 4 aromatic rings. The maximum atomic E-state index is 14.1. The van der Waals surface area contributed by atoms with Crippen LogP contribution in [0, 0.1) is 5.82 Å². The molecule has 28 heavy (non-hydrogen) atoms. The van der Waals surface area contributed by atoms with Crippen LogP contribution in [0.4, 0.5) is 23.2 Å². The summed E-state index contributed by atoms with van der Waals surface area (Å²) < 4.78 is 55.2. The zero-order valence-corrected chi connectivity index (χ0v) is 13.7. The number of halogens is 4. The molecule has 0 aliphatic rings. The predicted octanol–water partition coefficient (Wildman–Crippen LogP) is 2.92. The van der Waals surface area contributed by atoms with Crippen LogP contribution >= 0.6 is 0 Å². The van der Waals surface area contributed by atoms with Crippen LogP contribution in [0.25, 0.3) is 17.0 Å². The average molecular weight is 391 g/mol. The van der Waals surface area contributed by atoms with Gasteiger partial charge in [-0.25, -0.2) is 9.37 Å². The van der Waals surface area contributed by atoms with E-state index in [2.05, 4.69) is 30.9 Å². The van der Waals surface area contributed by atoms with Crippen molar-refractivity contribution in [2.24, 2.45) is 0 Å². The largest absolute Gasteiger partial charge is 0.435 e. The van der Waals surface area contributed by atoms with Gasteiger partial charge < -0.3 is 5.32 Å². The summed E-state index contributed by atoms with van der Waals surface area (Å²) in [6.45, 7) is 0. The van der Waals surface area contributed by atoms with Crippen LogP contribution in [0.15, 0.2) is 42.6 Å². The summed E-state index contributed by atoms with van der Waals surface area (Å²) in [4.78, 5) is 16.1. The number of aromatic nitrogens is 6. The lowest BCUT2D eigenvalue weighted by Crippen LogP contribution is -2.20. The summed E-state index contributed by atoms with van der Waals surface area (Å²) in [6, 6.07) is 7.81. The van der Waals surface area contributed by atoms with Crippen LogP contribution in [0.5, 0.6) is 0 Å². The van der Waals surface area contributed by atoms with Gasteiger partial charge in [-0.2, -0.15) is 18.4 Å². The molecule has 0 spiro atoms. The summed E-state index contributed by atoms with van der Waals surface area (Å²) >= 11 is 0. The Labute approximate surface area is 153 Å². The fourth-order valence-corrected chi connectivity index (χ4v) is 2.64.